The second-order valence-corrected chi connectivity index (χ2v) is 6.71. The number of sulfonamides is 1. The molecule has 0 atom stereocenters. The second-order valence-electron chi connectivity index (χ2n) is 4.80. The Labute approximate surface area is 117 Å². The molecule has 0 radical (unpaired) electrons. The first-order valence-corrected chi connectivity index (χ1v) is 7.91. The zero-order chi connectivity index (χ0) is 14.8. The van der Waals surface area contributed by atoms with Crippen molar-refractivity contribution in [3.8, 4) is 0 Å². The van der Waals surface area contributed by atoms with Crippen molar-refractivity contribution in [3.05, 3.63) is 28.3 Å². The monoisotopic (exact) mass is 299 g/mol. The van der Waals surface area contributed by atoms with Gasteiger partial charge in [0.2, 0.25) is 10.0 Å². The zero-order valence-corrected chi connectivity index (χ0v) is 11.8. The summed E-state index contributed by atoms with van der Waals surface area (Å²) >= 11 is 0. The number of hydrogen-bond acceptors (Lipinski definition) is 5. The largest absolute Gasteiger partial charge is 0.399 e. The Balaban J connectivity index is 2.45. The summed E-state index contributed by atoms with van der Waals surface area (Å²) < 4.78 is 26.4. The lowest BCUT2D eigenvalue weighted by molar-refractivity contribution is -0.387. The van der Waals surface area contributed by atoms with E-state index < -0.39 is 20.6 Å². The Kier molecular flexibility index (Phi) is 4.24. The highest BCUT2D eigenvalue weighted by Gasteiger charge is 2.31. The van der Waals surface area contributed by atoms with Crippen LogP contribution in [0.5, 0.6) is 0 Å². The van der Waals surface area contributed by atoms with Crippen LogP contribution in [0.4, 0.5) is 11.4 Å². The molecule has 0 amide bonds. The molecule has 1 saturated heterocycles. The van der Waals surface area contributed by atoms with Gasteiger partial charge in [0.15, 0.2) is 4.90 Å². The van der Waals surface area contributed by atoms with Crippen LogP contribution < -0.4 is 5.73 Å². The lowest BCUT2D eigenvalue weighted by Crippen LogP contribution is -2.32. The van der Waals surface area contributed by atoms with Gasteiger partial charge in [0.1, 0.15) is 0 Å². The van der Waals surface area contributed by atoms with Crippen LogP contribution in [0.3, 0.4) is 0 Å². The van der Waals surface area contributed by atoms with Crippen LogP contribution in [0.2, 0.25) is 0 Å². The first-order chi connectivity index (χ1) is 9.43. The highest BCUT2D eigenvalue weighted by Crippen LogP contribution is 2.29. The van der Waals surface area contributed by atoms with Crippen LogP contribution in [0.1, 0.15) is 25.7 Å². The van der Waals surface area contributed by atoms with Crippen molar-refractivity contribution in [1.82, 2.24) is 4.31 Å². The van der Waals surface area contributed by atoms with Crippen LogP contribution in [0.15, 0.2) is 23.1 Å². The highest BCUT2D eigenvalue weighted by atomic mass is 32.2. The van der Waals surface area contributed by atoms with Gasteiger partial charge in [0.05, 0.1) is 4.92 Å². The van der Waals surface area contributed by atoms with Gasteiger partial charge in [-0.2, -0.15) is 4.31 Å². The maximum atomic E-state index is 12.6. The van der Waals surface area contributed by atoms with Crippen LogP contribution in [-0.2, 0) is 10.0 Å². The van der Waals surface area contributed by atoms with Crippen molar-refractivity contribution in [3.63, 3.8) is 0 Å². The number of hydrogen-bond donors (Lipinski definition) is 1. The van der Waals surface area contributed by atoms with E-state index >= 15 is 0 Å². The molecule has 1 heterocycles. The smallest absolute Gasteiger partial charge is 0.291 e. The van der Waals surface area contributed by atoms with Crippen LogP contribution in [0, 0.1) is 10.1 Å². The minimum Gasteiger partial charge on any atom is -0.399 e. The third kappa shape index (κ3) is 2.91. The number of nitrogens with zero attached hydrogens (tertiary/aromatic N) is 2. The molecular formula is C12H17N3O4S. The molecule has 1 aliphatic heterocycles. The molecule has 0 unspecified atom stereocenters. The molecule has 1 aliphatic rings. The van der Waals surface area contributed by atoms with Gasteiger partial charge in [-0.25, -0.2) is 8.42 Å². The van der Waals surface area contributed by atoms with E-state index in [4.69, 9.17) is 5.73 Å². The summed E-state index contributed by atoms with van der Waals surface area (Å²) in [7, 11) is -3.84. The molecule has 0 spiro atoms. The average Bonchev–Trinajstić information content (AvgIpc) is 2.67. The Hall–Kier alpha value is -1.67. The highest BCUT2D eigenvalue weighted by molar-refractivity contribution is 7.89. The first-order valence-electron chi connectivity index (χ1n) is 6.47. The minimum absolute atomic E-state index is 0.173. The number of nitro benzene ring substituents is 1. The second kappa shape index (κ2) is 5.76. The van der Waals surface area contributed by atoms with Crippen molar-refractivity contribution < 1.29 is 13.3 Å². The number of anilines is 1. The van der Waals surface area contributed by atoms with Crippen LogP contribution in [-0.4, -0.2) is 30.7 Å². The van der Waals surface area contributed by atoms with Gasteiger partial charge in [0, 0.05) is 24.8 Å². The molecule has 2 rings (SSSR count). The molecule has 0 bridgehead atoms. The van der Waals surface area contributed by atoms with Crippen molar-refractivity contribution in [2.24, 2.45) is 0 Å². The van der Waals surface area contributed by atoms with E-state index in [0.29, 0.717) is 13.1 Å². The average molecular weight is 299 g/mol. The minimum atomic E-state index is -3.84. The fraction of sp³-hybridized carbons (Fsp3) is 0.500. The Morgan fingerprint density at radius 1 is 1.15 bits per heavy atom. The number of nitro groups is 1. The number of nitrogen functional groups attached to an aromatic ring is 1. The quantitative estimate of drug-likeness (QED) is 0.519. The van der Waals surface area contributed by atoms with Crippen molar-refractivity contribution >= 4 is 21.4 Å². The third-order valence-corrected chi connectivity index (χ3v) is 5.31. The first kappa shape index (κ1) is 14.7. The van der Waals surface area contributed by atoms with Gasteiger partial charge < -0.3 is 5.73 Å². The molecule has 8 heteroatoms. The molecule has 0 aliphatic carbocycles. The predicted octanol–water partition coefficient (Wildman–Crippen LogP) is 1.74. The summed E-state index contributed by atoms with van der Waals surface area (Å²) in [6.45, 7) is 0.813. The van der Waals surface area contributed by atoms with Gasteiger partial charge in [-0.1, -0.05) is 12.8 Å². The van der Waals surface area contributed by atoms with Gasteiger partial charge >= 0.3 is 0 Å². The Bertz CT molecular complexity index is 607. The molecule has 1 fully saturated rings. The molecule has 0 saturated carbocycles. The molecule has 20 heavy (non-hydrogen) atoms. The van der Waals surface area contributed by atoms with E-state index in [1.165, 1.54) is 16.4 Å². The van der Waals surface area contributed by atoms with E-state index in [1.807, 2.05) is 0 Å². The summed E-state index contributed by atoms with van der Waals surface area (Å²) in [4.78, 5) is 10.1. The van der Waals surface area contributed by atoms with Gasteiger partial charge in [-0.05, 0) is 25.0 Å². The molecule has 0 aromatic heterocycles. The van der Waals surface area contributed by atoms with Crippen molar-refractivity contribution in [1.29, 1.82) is 0 Å². The molecule has 1 aromatic rings. The van der Waals surface area contributed by atoms with Crippen LogP contribution in [0.25, 0.3) is 0 Å². The maximum absolute atomic E-state index is 12.6. The lowest BCUT2D eigenvalue weighted by Gasteiger charge is -2.19. The van der Waals surface area contributed by atoms with Gasteiger partial charge in [-0.15, -0.1) is 0 Å². The Morgan fingerprint density at radius 3 is 2.30 bits per heavy atom. The fourth-order valence-corrected chi connectivity index (χ4v) is 3.97. The molecule has 7 nitrogen and oxygen atoms in total. The van der Waals surface area contributed by atoms with E-state index in [-0.39, 0.29) is 10.6 Å². The summed E-state index contributed by atoms with van der Waals surface area (Å²) in [5.74, 6) is 0. The number of nitrogens with two attached hydrogens (primary N) is 1. The topological polar surface area (TPSA) is 107 Å². The number of rotatable bonds is 3. The van der Waals surface area contributed by atoms with Crippen molar-refractivity contribution in [2.75, 3.05) is 18.8 Å². The lowest BCUT2D eigenvalue weighted by atomic mass is 10.2. The standard InChI is InChI=1S/C12H17N3O4S/c13-10-5-6-12(11(9-10)15(16)17)20(18,19)14-7-3-1-2-4-8-14/h5-6,9H,1-4,7-8,13H2. The van der Waals surface area contributed by atoms with Crippen molar-refractivity contribution in [2.45, 2.75) is 30.6 Å². The third-order valence-electron chi connectivity index (χ3n) is 3.36. The summed E-state index contributed by atoms with van der Waals surface area (Å²) in [5, 5.41) is 11.0. The van der Waals surface area contributed by atoms with E-state index in [1.54, 1.807) is 0 Å². The predicted molar refractivity (Wildman–Crippen MR) is 74.7 cm³/mol. The Morgan fingerprint density at radius 2 is 1.75 bits per heavy atom. The zero-order valence-electron chi connectivity index (χ0n) is 11.0. The SMILES string of the molecule is Nc1ccc(S(=O)(=O)N2CCCCCC2)c([N+](=O)[O-])c1. The maximum Gasteiger partial charge on any atom is 0.291 e. The van der Waals surface area contributed by atoms with E-state index in [0.717, 1.165) is 31.7 Å². The summed E-state index contributed by atoms with van der Waals surface area (Å²) in [6.07, 6.45) is 3.52. The summed E-state index contributed by atoms with van der Waals surface area (Å²) in [5.41, 5.74) is 5.21. The normalized spacial score (nSPS) is 17.6. The van der Waals surface area contributed by atoms with Crippen LogP contribution >= 0.6 is 0 Å². The number of benzene rings is 1. The molecular weight excluding hydrogens is 282 g/mol. The molecule has 2 N–H and O–H groups in total. The summed E-state index contributed by atoms with van der Waals surface area (Å²) in [6, 6.07) is 3.68. The van der Waals surface area contributed by atoms with Gasteiger partial charge in [-0.3, -0.25) is 10.1 Å². The van der Waals surface area contributed by atoms with E-state index in [9.17, 15) is 18.5 Å². The molecule has 1 aromatic carbocycles. The fourth-order valence-electron chi connectivity index (χ4n) is 2.32. The van der Waals surface area contributed by atoms with Gasteiger partial charge in [0.25, 0.3) is 5.69 Å². The van der Waals surface area contributed by atoms with E-state index in [2.05, 4.69) is 0 Å². The molecule has 110 valence electrons.